The fraction of sp³-hybridized carbons (Fsp3) is 1.00. The van der Waals surface area contributed by atoms with E-state index in [1.54, 1.807) is 7.11 Å². The monoisotopic (exact) mass is 201 g/mol. The first-order valence-corrected chi connectivity index (χ1v) is 5.91. The number of nitrogens with zero attached hydrogens (tertiary/aromatic N) is 1. The Balaban J connectivity index is 2.85. The number of methoxy groups -OCH3 is 1. The van der Waals surface area contributed by atoms with Crippen LogP contribution >= 0.6 is 0 Å². The van der Waals surface area contributed by atoms with Gasteiger partial charge >= 0.3 is 0 Å². The molecule has 0 aliphatic heterocycles. The first-order valence-electron chi connectivity index (χ1n) is 5.91. The van der Waals surface area contributed by atoms with Gasteiger partial charge < -0.3 is 9.64 Å². The van der Waals surface area contributed by atoms with E-state index in [-0.39, 0.29) is 0 Å². The maximum atomic E-state index is 5.01. The van der Waals surface area contributed by atoms with Crippen molar-refractivity contribution in [2.75, 3.05) is 34.4 Å². The standard InChI is InChI=1S/C12H27NO/c1-13(2)11-9-7-5-4-6-8-10-12-14-3/h4-12H2,1-3H3. The molecule has 0 N–H and O–H groups in total. The van der Waals surface area contributed by atoms with Gasteiger partial charge in [0.2, 0.25) is 0 Å². The lowest BCUT2D eigenvalue weighted by molar-refractivity contribution is 0.192. The molecular weight excluding hydrogens is 174 g/mol. The maximum absolute atomic E-state index is 5.01. The summed E-state index contributed by atoms with van der Waals surface area (Å²) in [7, 11) is 6.07. The molecule has 2 heteroatoms. The van der Waals surface area contributed by atoms with Crippen LogP contribution in [-0.2, 0) is 4.74 Å². The quantitative estimate of drug-likeness (QED) is 0.504. The van der Waals surface area contributed by atoms with Crippen molar-refractivity contribution in [2.45, 2.75) is 44.9 Å². The van der Waals surface area contributed by atoms with Gasteiger partial charge in [0.25, 0.3) is 0 Å². The molecule has 0 aliphatic rings. The zero-order chi connectivity index (χ0) is 10.6. The van der Waals surface area contributed by atoms with Gasteiger partial charge in [0, 0.05) is 13.7 Å². The molecule has 0 radical (unpaired) electrons. The van der Waals surface area contributed by atoms with E-state index in [2.05, 4.69) is 19.0 Å². The van der Waals surface area contributed by atoms with E-state index >= 15 is 0 Å². The van der Waals surface area contributed by atoms with Crippen LogP contribution in [0.25, 0.3) is 0 Å². The third-order valence-electron chi connectivity index (χ3n) is 2.45. The van der Waals surface area contributed by atoms with Crippen molar-refractivity contribution in [3.63, 3.8) is 0 Å². The average molecular weight is 201 g/mol. The zero-order valence-electron chi connectivity index (χ0n) is 10.2. The minimum Gasteiger partial charge on any atom is -0.385 e. The molecule has 2 nitrogen and oxygen atoms in total. The molecule has 0 spiro atoms. The van der Waals surface area contributed by atoms with Crippen molar-refractivity contribution in [1.82, 2.24) is 4.90 Å². The van der Waals surface area contributed by atoms with Crippen LogP contribution in [0.1, 0.15) is 44.9 Å². The lowest BCUT2D eigenvalue weighted by Crippen LogP contribution is -2.12. The third-order valence-corrected chi connectivity index (χ3v) is 2.45. The summed E-state index contributed by atoms with van der Waals surface area (Å²) in [5.74, 6) is 0. The van der Waals surface area contributed by atoms with Gasteiger partial charge in [0.15, 0.2) is 0 Å². The van der Waals surface area contributed by atoms with Crippen LogP contribution in [0.15, 0.2) is 0 Å². The van der Waals surface area contributed by atoms with Gasteiger partial charge in [0.1, 0.15) is 0 Å². The second-order valence-electron chi connectivity index (χ2n) is 4.27. The van der Waals surface area contributed by atoms with Crippen molar-refractivity contribution in [2.24, 2.45) is 0 Å². The highest BCUT2D eigenvalue weighted by molar-refractivity contribution is 4.48. The molecule has 0 aromatic carbocycles. The first-order chi connectivity index (χ1) is 6.77. The van der Waals surface area contributed by atoms with Gasteiger partial charge in [-0.05, 0) is 33.5 Å². The van der Waals surface area contributed by atoms with Crippen molar-refractivity contribution >= 4 is 0 Å². The Hall–Kier alpha value is -0.0800. The molecule has 86 valence electrons. The molecule has 0 aromatic rings. The van der Waals surface area contributed by atoms with Crippen LogP contribution in [0.5, 0.6) is 0 Å². The van der Waals surface area contributed by atoms with Crippen molar-refractivity contribution < 1.29 is 4.74 Å². The van der Waals surface area contributed by atoms with Crippen LogP contribution in [0.2, 0.25) is 0 Å². The number of hydrogen-bond acceptors (Lipinski definition) is 2. The molecule has 0 aliphatic carbocycles. The van der Waals surface area contributed by atoms with Gasteiger partial charge in [-0.2, -0.15) is 0 Å². The molecule has 14 heavy (non-hydrogen) atoms. The van der Waals surface area contributed by atoms with Crippen LogP contribution < -0.4 is 0 Å². The van der Waals surface area contributed by atoms with Gasteiger partial charge in [-0.1, -0.05) is 32.1 Å². The topological polar surface area (TPSA) is 12.5 Å². The van der Waals surface area contributed by atoms with E-state index in [4.69, 9.17) is 4.74 Å². The summed E-state index contributed by atoms with van der Waals surface area (Å²) in [5, 5.41) is 0. The van der Waals surface area contributed by atoms with Crippen LogP contribution in [0.4, 0.5) is 0 Å². The van der Waals surface area contributed by atoms with E-state index < -0.39 is 0 Å². The summed E-state index contributed by atoms with van der Waals surface area (Å²) in [4.78, 5) is 2.26. The molecule has 0 amide bonds. The van der Waals surface area contributed by atoms with Gasteiger partial charge in [-0.3, -0.25) is 0 Å². The normalized spacial score (nSPS) is 11.1. The number of rotatable bonds is 10. The minimum atomic E-state index is 0.931. The second kappa shape index (κ2) is 11.0. The lowest BCUT2D eigenvalue weighted by Gasteiger charge is -2.08. The summed E-state index contributed by atoms with van der Waals surface area (Å²) in [6, 6.07) is 0. The molecule has 0 saturated carbocycles. The number of unbranched alkanes of at least 4 members (excludes halogenated alkanes) is 6. The Morgan fingerprint density at radius 1 is 0.786 bits per heavy atom. The summed E-state index contributed by atoms with van der Waals surface area (Å²) in [6.07, 6.45) is 9.49. The lowest BCUT2D eigenvalue weighted by atomic mass is 10.1. The van der Waals surface area contributed by atoms with Crippen molar-refractivity contribution in [3.05, 3.63) is 0 Å². The van der Waals surface area contributed by atoms with E-state index in [0.717, 1.165) is 6.61 Å². The number of ether oxygens (including phenoxy) is 1. The summed E-state index contributed by atoms with van der Waals surface area (Å²) >= 11 is 0. The Labute approximate surface area is 89.6 Å². The molecule has 0 heterocycles. The molecule has 0 fully saturated rings. The Bertz CT molecular complexity index is 104. The van der Waals surface area contributed by atoms with Gasteiger partial charge in [-0.25, -0.2) is 0 Å². The molecule has 0 atom stereocenters. The molecule has 0 bridgehead atoms. The fourth-order valence-electron chi connectivity index (χ4n) is 1.56. The summed E-state index contributed by atoms with van der Waals surface area (Å²) < 4.78 is 5.01. The van der Waals surface area contributed by atoms with Crippen LogP contribution in [-0.4, -0.2) is 39.3 Å². The highest BCUT2D eigenvalue weighted by Gasteiger charge is 1.92. The Morgan fingerprint density at radius 2 is 1.29 bits per heavy atom. The first kappa shape index (κ1) is 13.9. The highest BCUT2D eigenvalue weighted by Crippen LogP contribution is 2.07. The minimum absolute atomic E-state index is 0.931. The number of hydrogen-bond donors (Lipinski definition) is 0. The fourth-order valence-corrected chi connectivity index (χ4v) is 1.56. The van der Waals surface area contributed by atoms with Crippen molar-refractivity contribution in [3.8, 4) is 0 Å². The zero-order valence-corrected chi connectivity index (χ0v) is 10.2. The SMILES string of the molecule is COCCCCCCCCCN(C)C. The molecule has 0 rings (SSSR count). The third kappa shape index (κ3) is 11.9. The van der Waals surface area contributed by atoms with Crippen molar-refractivity contribution in [1.29, 1.82) is 0 Å². The van der Waals surface area contributed by atoms with E-state index in [9.17, 15) is 0 Å². The van der Waals surface area contributed by atoms with E-state index in [1.165, 1.54) is 51.5 Å². The van der Waals surface area contributed by atoms with E-state index in [0.29, 0.717) is 0 Å². The molecule has 0 saturated heterocycles. The Kier molecular flexibility index (Phi) is 10.9. The Morgan fingerprint density at radius 3 is 1.79 bits per heavy atom. The molecule has 0 aromatic heterocycles. The van der Waals surface area contributed by atoms with Crippen LogP contribution in [0.3, 0.4) is 0 Å². The molecular formula is C12H27NO. The summed E-state index contributed by atoms with van der Waals surface area (Å²) in [6.45, 7) is 2.17. The van der Waals surface area contributed by atoms with Gasteiger partial charge in [0.05, 0.1) is 0 Å². The second-order valence-corrected chi connectivity index (χ2v) is 4.27. The smallest absolute Gasteiger partial charge is 0.0462 e. The predicted molar refractivity (Wildman–Crippen MR) is 62.7 cm³/mol. The summed E-state index contributed by atoms with van der Waals surface area (Å²) in [5.41, 5.74) is 0. The van der Waals surface area contributed by atoms with Gasteiger partial charge in [-0.15, -0.1) is 0 Å². The average Bonchev–Trinajstić information content (AvgIpc) is 2.15. The van der Waals surface area contributed by atoms with E-state index in [1.807, 2.05) is 0 Å². The van der Waals surface area contributed by atoms with Crippen LogP contribution in [0, 0.1) is 0 Å². The highest BCUT2D eigenvalue weighted by atomic mass is 16.5. The maximum Gasteiger partial charge on any atom is 0.0462 e. The largest absolute Gasteiger partial charge is 0.385 e. The molecule has 0 unspecified atom stereocenters. The predicted octanol–water partition coefficient (Wildman–Crippen LogP) is 2.93.